The van der Waals surface area contributed by atoms with E-state index in [-0.39, 0.29) is 28.9 Å². The number of hydrogen-bond acceptors (Lipinski definition) is 4. The predicted octanol–water partition coefficient (Wildman–Crippen LogP) is 4.50. The number of likely N-dealkylation sites (N-methyl/N-ethyl adjacent to an activating group) is 1. The van der Waals surface area contributed by atoms with Crippen molar-refractivity contribution < 1.29 is 40.5 Å². The summed E-state index contributed by atoms with van der Waals surface area (Å²) in [6.07, 6.45) is 9.47. The first-order valence-electron chi connectivity index (χ1n) is 14.6. The Balaban J connectivity index is 0.00000760. The van der Waals surface area contributed by atoms with Crippen LogP contribution in [0.25, 0.3) is 0 Å². The number of ether oxygens (including phenoxy) is 2. The Labute approximate surface area is 246 Å². The van der Waals surface area contributed by atoms with Gasteiger partial charge in [-0.2, -0.15) is 0 Å². The molecule has 0 saturated carbocycles. The van der Waals surface area contributed by atoms with Gasteiger partial charge in [-0.1, -0.05) is 64.5 Å². The van der Waals surface area contributed by atoms with E-state index in [1.165, 1.54) is 38.5 Å². The van der Waals surface area contributed by atoms with Crippen LogP contribution in [0.1, 0.15) is 99.8 Å². The SMILES string of the molecule is CCCCCCCCOc1ccccc1C(=O)Nc1ccc(C(=O)OCC[N+](CC)(CC)CCCC)cc1.[Br-]. The fraction of sp³-hybridized carbons (Fsp3) is 0.562. The number of anilines is 1. The Bertz CT molecular complexity index is 961. The normalized spacial score (nSPS) is 11.0. The second-order valence-electron chi connectivity index (χ2n) is 10.1. The van der Waals surface area contributed by atoms with Gasteiger partial charge in [-0.3, -0.25) is 4.79 Å². The third-order valence-electron chi connectivity index (χ3n) is 7.39. The summed E-state index contributed by atoms with van der Waals surface area (Å²) in [5.41, 5.74) is 1.59. The number of quaternary nitrogens is 1. The molecule has 0 radical (unpaired) electrons. The molecule has 0 aromatic heterocycles. The molecular weight excluding hydrogens is 556 g/mol. The Hall–Kier alpha value is -2.38. The van der Waals surface area contributed by atoms with Gasteiger partial charge < -0.3 is 36.3 Å². The first-order valence-corrected chi connectivity index (χ1v) is 14.6. The summed E-state index contributed by atoms with van der Waals surface area (Å²) in [5.74, 6) is 0.0163. The first kappa shape index (κ1) is 34.6. The summed E-state index contributed by atoms with van der Waals surface area (Å²) < 4.78 is 12.5. The maximum absolute atomic E-state index is 12.9. The zero-order valence-electron chi connectivity index (χ0n) is 24.5. The summed E-state index contributed by atoms with van der Waals surface area (Å²) in [4.78, 5) is 25.5. The highest BCUT2D eigenvalue weighted by Gasteiger charge is 2.23. The summed E-state index contributed by atoms with van der Waals surface area (Å²) >= 11 is 0. The van der Waals surface area contributed by atoms with Crippen molar-refractivity contribution in [1.82, 2.24) is 0 Å². The average Bonchev–Trinajstić information content (AvgIpc) is 2.95. The molecule has 6 nitrogen and oxygen atoms in total. The number of para-hydroxylation sites is 1. The fourth-order valence-electron chi connectivity index (χ4n) is 4.61. The van der Waals surface area contributed by atoms with Gasteiger partial charge in [-0.25, -0.2) is 4.79 Å². The number of nitrogens with zero attached hydrogens (tertiary/aromatic N) is 1. The first-order chi connectivity index (χ1) is 18.5. The number of carbonyl (C=O) groups excluding carboxylic acids is 2. The number of rotatable bonds is 19. The monoisotopic (exact) mass is 604 g/mol. The number of esters is 1. The van der Waals surface area contributed by atoms with Gasteiger partial charge in [0.2, 0.25) is 0 Å². The molecule has 0 atom stereocenters. The fourth-order valence-corrected chi connectivity index (χ4v) is 4.61. The second-order valence-corrected chi connectivity index (χ2v) is 10.1. The molecule has 0 aliphatic rings. The van der Waals surface area contributed by atoms with E-state index >= 15 is 0 Å². The van der Waals surface area contributed by atoms with Gasteiger partial charge in [0.15, 0.2) is 0 Å². The maximum atomic E-state index is 12.9. The van der Waals surface area contributed by atoms with Crippen LogP contribution in [0.5, 0.6) is 5.75 Å². The summed E-state index contributed by atoms with van der Waals surface area (Å²) in [5, 5.41) is 2.91. The third-order valence-corrected chi connectivity index (χ3v) is 7.39. The molecule has 0 fully saturated rings. The van der Waals surface area contributed by atoms with E-state index in [4.69, 9.17) is 9.47 Å². The Kier molecular flexibility index (Phi) is 17.5. The van der Waals surface area contributed by atoms with Crippen LogP contribution in [0.4, 0.5) is 5.69 Å². The summed E-state index contributed by atoms with van der Waals surface area (Å²) in [7, 11) is 0. The van der Waals surface area contributed by atoms with E-state index in [0.29, 0.717) is 35.8 Å². The van der Waals surface area contributed by atoms with Crippen LogP contribution in [0.15, 0.2) is 48.5 Å². The molecule has 2 rings (SSSR count). The van der Waals surface area contributed by atoms with E-state index in [9.17, 15) is 9.59 Å². The van der Waals surface area contributed by atoms with Crippen molar-refractivity contribution in [3.05, 3.63) is 59.7 Å². The zero-order valence-corrected chi connectivity index (χ0v) is 26.1. The molecule has 218 valence electrons. The topological polar surface area (TPSA) is 64.6 Å². The lowest BCUT2D eigenvalue weighted by atomic mass is 10.1. The van der Waals surface area contributed by atoms with Crippen LogP contribution in [-0.2, 0) is 4.74 Å². The number of benzene rings is 2. The minimum Gasteiger partial charge on any atom is -1.00 e. The van der Waals surface area contributed by atoms with Crippen molar-refractivity contribution in [2.45, 2.75) is 79.1 Å². The lowest BCUT2D eigenvalue weighted by Gasteiger charge is -2.36. The van der Waals surface area contributed by atoms with Crippen LogP contribution in [0, 0.1) is 0 Å². The number of hydrogen-bond donors (Lipinski definition) is 1. The van der Waals surface area contributed by atoms with Crippen LogP contribution < -0.4 is 27.0 Å². The summed E-state index contributed by atoms with van der Waals surface area (Å²) in [6.45, 7) is 13.8. The highest BCUT2D eigenvalue weighted by molar-refractivity contribution is 6.06. The highest BCUT2D eigenvalue weighted by Crippen LogP contribution is 2.21. The van der Waals surface area contributed by atoms with Gasteiger partial charge in [0.05, 0.1) is 37.4 Å². The summed E-state index contributed by atoms with van der Waals surface area (Å²) in [6, 6.07) is 14.2. The largest absolute Gasteiger partial charge is 1.00 e. The highest BCUT2D eigenvalue weighted by atomic mass is 79.9. The third kappa shape index (κ3) is 12.1. The molecule has 2 aromatic rings. The number of carbonyl (C=O) groups is 2. The molecular formula is C32H49BrN2O4. The number of halogens is 1. The van der Waals surface area contributed by atoms with E-state index in [1.54, 1.807) is 30.3 Å². The molecule has 0 bridgehead atoms. The van der Waals surface area contributed by atoms with Gasteiger partial charge in [-0.05, 0) is 63.1 Å². The molecule has 39 heavy (non-hydrogen) atoms. The van der Waals surface area contributed by atoms with E-state index in [0.717, 1.165) is 43.5 Å². The molecule has 0 unspecified atom stereocenters. The van der Waals surface area contributed by atoms with Crippen molar-refractivity contribution in [3.63, 3.8) is 0 Å². The molecule has 0 aliphatic heterocycles. The van der Waals surface area contributed by atoms with E-state index in [1.807, 2.05) is 18.2 Å². The molecule has 7 heteroatoms. The van der Waals surface area contributed by atoms with Gasteiger partial charge in [0, 0.05) is 5.69 Å². The smallest absolute Gasteiger partial charge is 0.338 e. The van der Waals surface area contributed by atoms with Gasteiger partial charge in [0.25, 0.3) is 5.91 Å². The Morgan fingerprint density at radius 3 is 2.05 bits per heavy atom. The standard InChI is InChI=1S/C32H48N2O4.BrH/c1-5-9-11-12-13-16-25-37-30-18-15-14-17-29(30)31(35)33-28-21-19-27(20-22-28)32(36)38-26-24-34(7-3,8-4)23-10-6-2;/h14-15,17-22H,5-13,16,23-26H2,1-4H3;1H. The minimum atomic E-state index is -0.336. The van der Waals surface area contributed by atoms with Gasteiger partial charge in [-0.15, -0.1) is 0 Å². The molecule has 2 aromatic carbocycles. The van der Waals surface area contributed by atoms with Gasteiger partial charge >= 0.3 is 5.97 Å². The molecule has 0 spiro atoms. The van der Waals surface area contributed by atoms with Crippen molar-refractivity contribution in [1.29, 1.82) is 0 Å². The predicted molar refractivity (Wildman–Crippen MR) is 156 cm³/mol. The van der Waals surface area contributed by atoms with Crippen molar-refractivity contribution >= 4 is 17.6 Å². The molecule has 0 aliphatic carbocycles. The maximum Gasteiger partial charge on any atom is 0.338 e. The van der Waals surface area contributed by atoms with Crippen LogP contribution in [0.3, 0.4) is 0 Å². The zero-order chi connectivity index (χ0) is 27.6. The van der Waals surface area contributed by atoms with Gasteiger partial charge in [0.1, 0.15) is 18.9 Å². The Morgan fingerprint density at radius 2 is 1.38 bits per heavy atom. The van der Waals surface area contributed by atoms with E-state index in [2.05, 4.69) is 33.0 Å². The van der Waals surface area contributed by atoms with Crippen molar-refractivity contribution in [3.8, 4) is 5.75 Å². The average molecular weight is 606 g/mol. The van der Waals surface area contributed by atoms with Crippen molar-refractivity contribution in [2.24, 2.45) is 0 Å². The molecule has 1 amide bonds. The minimum absolute atomic E-state index is 0. The second kappa shape index (κ2) is 19.6. The van der Waals surface area contributed by atoms with Crippen LogP contribution in [0.2, 0.25) is 0 Å². The van der Waals surface area contributed by atoms with E-state index < -0.39 is 0 Å². The lowest BCUT2D eigenvalue weighted by molar-refractivity contribution is -0.925. The molecule has 1 N–H and O–H groups in total. The number of amides is 1. The van der Waals surface area contributed by atoms with Crippen molar-refractivity contribution in [2.75, 3.05) is 44.7 Å². The number of nitrogens with one attached hydrogen (secondary N) is 1. The number of unbranched alkanes of at least 4 members (excludes halogenated alkanes) is 6. The molecule has 0 saturated heterocycles. The lowest BCUT2D eigenvalue weighted by Crippen LogP contribution is -3.00. The van der Waals surface area contributed by atoms with Crippen LogP contribution >= 0.6 is 0 Å². The van der Waals surface area contributed by atoms with Crippen LogP contribution in [-0.4, -0.2) is 55.8 Å². The Morgan fingerprint density at radius 1 is 0.744 bits per heavy atom. The quantitative estimate of drug-likeness (QED) is 0.146. The molecule has 0 heterocycles.